The molecule has 1 aliphatic rings. The van der Waals surface area contributed by atoms with Crippen molar-refractivity contribution in [1.82, 2.24) is 10.2 Å². The zero-order chi connectivity index (χ0) is 29.0. The van der Waals surface area contributed by atoms with Gasteiger partial charge in [-0.2, -0.15) is 0 Å². The number of nitro benzene ring substituents is 1. The van der Waals surface area contributed by atoms with E-state index in [0.717, 1.165) is 42.4 Å². The molecule has 0 bridgehead atoms. The van der Waals surface area contributed by atoms with Gasteiger partial charge in [0.25, 0.3) is 5.69 Å². The fraction of sp³-hybridized carbons (Fsp3) is 0.375. The highest BCUT2D eigenvalue weighted by Gasteiger charge is 2.32. The highest BCUT2D eigenvalue weighted by atomic mass is 32.2. The van der Waals surface area contributed by atoms with E-state index in [1.54, 1.807) is 24.1 Å². The Balaban J connectivity index is 1.56. The molecule has 3 aromatic carbocycles. The van der Waals surface area contributed by atoms with Crippen LogP contribution in [0, 0.1) is 10.1 Å². The van der Waals surface area contributed by atoms with Crippen molar-refractivity contribution in [1.29, 1.82) is 0 Å². The molecule has 0 aliphatic heterocycles. The van der Waals surface area contributed by atoms with Gasteiger partial charge in [-0.15, -0.1) is 11.8 Å². The Bertz CT molecular complexity index is 1300. The van der Waals surface area contributed by atoms with Gasteiger partial charge in [0.2, 0.25) is 11.8 Å². The van der Waals surface area contributed by atoms with Gasteiger partial charge in [0.05, 0.1) is 17.8 Å². The van der Waals surface area contributed by atoms with Gasteiger partial charge >= 0.3 is 0 Å². The molecule has 0 aromatic heterocycles. The summed E-state index contributed by atoms with van der Waals surface area (Å²) in [5.41, 5.74) is 2.79. The van der Waals surface area contributed by atoms with E-state index in [2.05, 4.69) is 5.32 Å². The largest absolute Gasteiger partial charge is 0.497 e. The number of benzene rings is 3. The predicted molar refractivity (Wildman–Crippen MR) is 162 cm³/mol. The third kappa shape index (κ3) is 9.08. The van der Waals surface area contributed by atoms with E-state index in [1.807, 2.05) is 54.6 Å². The molecule has 8 nitrogen and oxygen atoms in total. The lowest BCUT2D eigenvalue weighted by Crippen LogP contribution is -2.53. The number of nitro groups is 1. The Morgan fingerprint density at radius 1 is 0.976 bits per heavy atom. The molecule has 0 unspecified atom stereocenters. The number of nitrogens with one attached hydrogen (secondary N) is 1. The number of methoxy groups -OCH3 is 1. The number of non-ortho nitro benzene ring substituents is 1. The summed E-state index contributed by atoms with van der Waals surface area (Å²) in [6.45, 7) is 0.268. The maximum absolute atomic E-state index is 13.9. The van der Waals surface area contributed by atoms with Crippen molar-refractivity contribution < 1.29 is 19.2 Å². The number of carbonyl (C=O) groups excluding carboxylic acids is 2. The lowest BCUT2D eigenvalue weighted by atomic mass is 9.94. The molecule has 1 saturated carbocycles. The Hall–Kier alpha value is -3.85. The van der Waals surface area contributed by atoms with Crippen molar-refractivity contribution in [3.63, 3.8) is 0 Å². The molecule has 0 saturated heterocycles. The average Bonchev–Trinajstić information content (AvgIpc) is 3.00. The summed E-state index contributed by atoms with van der Waals surface area (Å²) in [5, 5.41) is 14.2. The molecule has 0 radical (unpaired) electrons. The molecule has 3 aromatic rings. The number of hydrogen-bond donors (Lipinski definition) is 1. The molecule has 0 heterocycles. The highest BCUT2D eigenvalue weighted by molar-refractivity contribution is 7.99. The first kappa shape index (κ1) is 30.1. The van der Waals surface area contributed by atoms with E-state index in [9.17, 15) is 19.7 Å². The third-order valence-corrected chi connectivity index (χ3v) is 8.34. The fourth-order valence-electron chi connectivity index (χ4n) is 5.12. The standard InChI is InChI=1S/C32H37N3O5S/c1-40-29-14-8-11-26(19-29)21-34(31(36)23-41-22-25-15-17-28(18-16-25)35(38)39)30(20-24-9-4-2-5-10-24)32(37)33-27-12-6-3-7-13-27/h2,4-5,8-11,14-19,27,30H,3,6-7,12-13,20-23H2,1H3,(H,33,37)/t30-/m1/s1. The molecular weight excluding hydrogens is 538 g/mol. The number of ether oxygens (including phenoxy) is 1. The molecule has 216 valence electrons. The Morgan fingerprint density at radius 3 is 2.37 bits per heavy atom. The Labute approximate surface area is 245 Å². The highest BCUT2D eigenvalue weighted by Crippen LogP contribution is 2.23. The van der Waals surface area contributed by atoms with E-state index >= 15 is 0 Å². The lowest BCUT2D eigenvalue weighted by molar-refractivity contribution is -0.384. The van der Waals surface area contributed by atoms with Crippen LogP contribution in [0.3, 0.4) is 0 Å². The molecule has 9 heteroatoms. The van der Waals surface area contributed by atoms with Crippen LogP contribution in [-0.4, -0.2) is 46.6 Å². The van der Waals surface area contributed by atoms with Crippen LogP contribution in [0.2, 0.25) is 0 Å². The summed E-state index contributed by atoms with van der Waals surface area (Å²) in [6.07, 6.45) is 5.70. The van der Waals surface area contributed by atoms with Gasteiger partial charge in [0.1, 0.15) is 11.8 Å². The van der Waals surface area contributed by atoms with Crippen molar-refractivity contribution in [3.8, 4) is 5.75 Å². The number of amides is 2. The fourth-order valence-corrected chi connectivity index (χ4v) is 5.99. The van der Waals surface area contributed by atoms with Gasteiger partial charge in [-0.05, 0) is 41.7 Å². The number of hydrogen-bond acceptors (Lipinski definition) is 6. The molecule has 1 N–H and O–H groups in total. The van der Waals surface area contributed by atoms with E-state index in [0.29, 0.717) is 17.9 Å². The number of rotatable bonds is 13. The summed E-state index contributed by atoms with van der Waals surface area (Å²) < 4.78 is 5.41. The number of carbonyl (C=O) groups is 2. The third-order valence-electron chi connectivity index (χ3n) is 7.35. The van der Waals surface area contributed by atoms with Crippen LogP contribution < -0.4 is 10.1 Å². The minimum atomic E-state index is -0.682. The SMILES string of the molecule is COc1cccc(CN(C(=O)CSCc2ccc([N+](=O)[O-])cc2)[C@H](Cc2ccccc2)C(=O)NC2CCCCC2)c1. The zero-order valence-corrected chi connectivity index (χ0v) is 24.2. The maximum Gasteiger partial charge on any atom is 0.269 e. The average molecular weight is 576 g/mol. The summed E-state index contributed by atoms with van der Waals surface area (Å²) >= 11 is 1.43. The van der Waals surface area contributed by atoms with Gasteiger partial charge in [-0.3, -0.25) is 19.7 Å². The van der Waals surface area contributed by atoms with Gasteiger partial charge < -0.3 is 15.0 Å². The van der Waals surface area contributed by atoms with Crippen molar-refractivity contribution in [2.24, 2.45) is 0 Å². The van der Waals surface area contributed by atoms with Crippen LogP contribution in [0.25, 0.3) is 0 Å². The van der Waals surface area contributed by atoms with Crippen LogP contribution in [-0.2, 0) is 28.3 Å². The molecule has 0 spiro atoms. The molecule has 41 heavy (non-hydrogen) atoms. The van der Waals surface area contributed by atoms with Gasteiger partial charge in [0.15, 0.2) is 0 Å². The molecular formula is C32H37N3O5S. The van der Waals surface area contributed by atoms with Crippen molar-refractivity contribution in [3.05, 3.63) is 106 Å². The van der Waals surface area contributed by atoms with Gasteiger partial charge in [-0.1, -0.05) is 73.9 Å². The molecule has 2 amide bonds. The first-order valence-corrected chi connectivity index (χ1v) is 15.2. The summed E-state index contributed by atoms with van der Waals surface area (Å²) in [4.78, 5) is 40.0. The lowest BCUT2D eigenvalue weighted by Gasteiger charge is -2.33. The quantitative estimate of drug-likeness (QED) is 0.200. The minimum absolute atomic E-state index is 0.0343. The van der Waals surface area contributed by atoms with Gasteiger partial charge in [-0.25, -0.2) is 0 Å². The second kappa shape index (κ2) is 15.2. The van der Waals surface area contributed by atoms with Crippen LogP contribution in [0.4, 0.5) is 5.69 Å². The van der Waals surface area contributed by atoms with Crippen LogP contribution in [0.5, 0.6) is 5.75 Å². The smallest absolute Gasteiger partial charge is 0.269 e. The first-order valence-electron chi connectivity index (χ1n) is 14.0. The number of nitrogens with zero attached hydrogens (tertiary/aromatic N) is 2. The summed E-state index contributed by atoms with van der Waals surface area (Å²) in [5.74, 6) is 1.11. The Kier molecular flexibility index (Phi) is 11.2. The zero-order valence-electron chi connectivity index (χ0n) is 23.4. The second-order valence-electron chi connectivity index (χ2n) is 10.3. The second-order valence-corrected chi connectivity index (χ2v) is 11.3. The minimum Gasteiger partial charge on any atom is -0.497 e. The van der Waals surface area contributed by atoms with E-state index in [4.69, 9.17) is 4.74 Å². The van der Waals surface area contributed by atoms with E-state index < -0.39 is 11.0 Å². The van der Waals surface area contributed by atoms with E-state index in [-0.39, 0.29) is 35.8 Å². The van der Waals surface area contributed by atoms with Crippen molar-refractivity contribution in [2.75, 3.05) is 12.9 Å². The monoisotopic (exact) mass is 575 g/mol. The maximum atomic E-state index is 13.9. The first-order chi connectivity index (χ1) is 19.9. The van der Waals surface area contributed by atoms with Crippen molar-refractivity contribution in [2.45, 2.75) is 62.9 Å². The summed E-state index contributed by atoms with van der Waals surface area (Å²) in [7, 11) is 1.60. The Morgan fingerprint density at radius 2 is 1.68 bits per heavy atom. The molecule has 1 aliphatic carbocycles. The van der Waals surface area contributed by atoms with Crippen molar-refractivity contribution >= 4 is 29.3 Å². The van der Waals surface area contributed by atoms with Crippen LogP contribution in [0.1, 0.15) is 48.8 Å². The van der Waals surface area contributed by atoms with Gasteiger partial charge in [0, 0.05) is 36.9 Å². The predicted octanol–water partition coefficient (Wildman–Crippen LogP) is 5.93. The van der Waals surface area contributed by atoms with E-state index in [1.165, 1.54) is 30.3 Å². The van der Waals surface area contributed by atoms with Crippen LogP contribution in [0.15, 0.2) is 78.9 Å². The molecule has 1 atom stereocenters. The molecule has 1 fully saturated rings. The summed E-state index contributed by atoms with van der Waals surface area (Å²) in [6, 6.07) is 23.2. The van der Waals surface area contributed by atoms with Crippen LogP contribution >= 0.6 is 11.8 Å². The topological polar surface area (TPSA) is 102 Å². The number of thioether (sulfide) groups is 1. The normalized spacial score (nSPS) is 14.2. The molecule has 4 rings (SSSR count).